The molecule has 2 rings (SSSR count). The lowest BCUT2D eigenvalue weighted by Crippen LogP contribution is -2.40. The summed E-state index contributed by atoms with van der Waals surface area (Å²) in [6.07, 6.45) is 2.11. The molecule has 0 aromatic heterocycles. The zero-order chi connectivity index (χ0) is 12.5. The van der Waals surface area contributed by atoms with Crippen LogP contribution in [0.1, 0.15) is 43.9 Å². The van der Waals surface area contributed by atoms with Gasteiger partial charge in [0.15, 0.2) is 0 Å². The van der Waals surface area contributed by atoms with Crippen LogP contribution < -0.4 is 0 Å². The fourth-order valence-corrected chi connectivity index (χ4v) is 2.77. The monoisotopic (exact) mass is 233 g/mol. The van der Waals surface area contributed by atoms with Crippen LogP contribution in [0.5, 0.6) is 0 Å². The van der Waals surface area contributed by atoms with Crippen LogP contribution >= 0.6 is 0 Å². The van der Waals surface area contributed by atoms with Crippen LogP contribution in [0.2, 0.25) is 0 Å². The molecule has 0 bridgehead atoms. The molecule has 0 radical (unpaired) electrons. The predicted molar refractivity (Wildman–Crippen MR) is 71.0 cm³/mol. The number of aliphatic hydroxyl groups excluding tert-OH is 1. The third-order valence-corrected chi connectivity index (χ3v) is 4.01. The maximum Gasteiger partial charge on any atom is 0.0919 e. The number of hydrogen-bond donors (Lipinski definition) is 1. The number of aliphatic hydroxyl groups is 1. The average Bonchev–Trinajstić information content (AvgIpc) is 2.59. The van der Waals surface area contributed by atoms with Crippen LogP contribution in [0.3, 0.4) is 0 Å². The van der Waals surface area contributed by atoms with E-state index in [4.69, 9.17) is 0 Å². The quantitative estimate of drug-likeness (QED) is 0.867. The van der Waals surface area contributed by atoms with Crippen LogP contribution in [-0.2, 0) is 0 Å². The van der Waals surface area contributed by atoms with Gasteiger partial charge in [0, 0.05) is 12.1 Å². The van der Waals surface area contributed by atoms with Gasteiger partial charge in [0.2, 0.25) is 0 Å². The Labute approximate surface area is 104 Å². The van der Waals surface area contributed by atoms with Crippen molar-refractivity contribution < 1.29 is 5.11 Å². The molecule has 0 amide bonds. The lowest BCUT2D eigenvalue weighted by Gasteiger charge is -2.33. The molecule has 1 aromatic rings. The van der Waals surface area contributed by atoms with E-state index in [2.05, 4.69) is 31.7 Å². The molecule has 1 heterocycles. The third-order valence-electron chi connectivity index (χ3n) is 4.01. The Balaban J connectivity index is 2.07. The van der Waals surface area contributed by atoms with Gasteiger partial charge in [-0.1, -0.05) is 24.3 Å². The summed E-state index contributed by atoms with van der Waals surface area (Å²) in [4.78, 5) is 2.41. The van der Waals surface area contributed by atoms with Gasteiger partial charge < -0.3 is 5.11 Å². The normalized spacial score (nSPS) is 21.6. The Morgan fingerprint density at radius 3 is 2.65 bits per heavy atom. The van der Waals surface area contributed by atoms with Crippen molar-refractivity contribution in [1.29, 1.82) is 0 Å². The molecule has 1 aliphatic rings. The maximum absolute atomic E-state index is 10.4. The first kappa shape index (κ1) is 12.6. The minimum atomic E-state index is -0.367. The molecule has 1 unspecified atom stereocenters. The van der Waals surface area contributed by atoms with Gasteiger partial charge in [0.1, 0.15) is 0 Å². The second kappa shape index (κ2) is 4.79. The standard InChI is InChI=1S/C15H23NO/c1-12-7-4-5-8-13(12)14(17)11-16-10-6-9-15(16,2)3/h4-5,7-8,14,17H,6,9-11H2,1-3H3. The molecule has 0 saturated carbocycles. The molecule has 1 fully saturated rings. The first-order valence-corrected chi connectivity index (χ1v) is 6.49. The number of rotatable bonds is 3. The van der Waals surface area contributed by atoms with Crippen LogP contribution in [0.15, 0.2) is 24.3 Å². The summed E-state index contributed by atoms with van der Waals surface area (Å²) in [5.41, 5.74) is 2.48. The summed E-state index contributed by atoms with van der Waals surface area (Å²) in [5.74, 6) is 0. The highest BCUT2D eigenvalue weighted by Gasteiger charge is 2.33. The van der Waals surface area contributed by atoms with E-state index in [0.717, 1.165) is 18.7 Å². The van der Waals surface area contributed by atoms with Gasteiger partial charge in [0.25, 0.3) is 0 Å². The molecule has 1 N–H and O–H groups in total. The van der Waals surface area contributed by atoms with Crippen molar-refractivity contribution in [3.05, 3.63) is 35.4 Å². The Bertz CT molecular complexity index is 386. The van der Waals surface area contributed by atoms with E-state index in [0.29, 0.717) is 0 Å². The Morgan fingerprint density at radius 1 is 1.35 bits per heavy atom. The molecular weight excluding hydrogens is 210 g/mol. The fraction of sp³-hybridized carbons (Fsp3) is 0.600. The van der Waals surface area contributed by atoms with E-state index >= 15 is 0 Å². The van der Waals surface area contributed by atoms with Crippen molar-refractivity contribution in [1.82, 2.24) is 4.90 Å². The summed E-state index contributed by atoms with van der Waals surface area (Å²) in [6.45, 7) is 8.45. The lowest BCUT2D eigenvalue weighted by atomic mass is 9.99. The number of hydrogen-bond acceptors (Lipinski definition) is 2. The van der Waals surface area contributed by atoms with Gasteiger partial charge in [-0.15, -0.1) is 0 Å². The Kier molecular flexibility index (Phi) is 3.55. The van der Waals surface area contributed by atoms with Crippen molar-refractivity contribution >= 4 is 0 Å². The zero-order valence-electron chi connectivity index (χ0n) is 11.1. The highest BCUT2D eigenvalue weighted by Crippen LogP contribution is 2.30. The summed E-state index contributed by atoms with van der Waals surface area (Å²) in [5, 5.41) is 10.4. The summed E-state index contributed by atoms with van der Waals surface area (Å²) in [7, 11) is 0. The average molecular weight is 233 g/mol. The molecule has 2 heteroatoms. The maximum atomic E-state index is 10.4. The molecular formula is C15H23NO. The van der Waals surface area contributed by atoms with E-state index in [9.17, 15) is 5.11 Å². The van der Waals surface area contributed by atoms with Crippen molar-refractivity contribution in [2.24, 2.45) is 0 Å². The topological polar surface area (TPSA) is 23.5 Å². The number of likely N-dealkylation sites (tertiary alicyclic amines) is 1. The van der Waals surface area contributed by atoms with E-state index in [1.165, 1.54) is 18.4 Å². The van der Waals surface area contributed by atoms with Crippen LogP contribution in [0.4, 0.5) is 0 Å². The summed E-state index contributed by atoms with van der Waals surface area (Å²) in [6, 6.07) is 8.11. The van der Waals surface area contributed by atoms with Gasteiger partial charge >= 0.3 is 0 Å². The smallest absolute Gasteiger partial charge is 0.0919 e. The SMILES string of the molecule is Cc1ccccc1C(O)CN1CCCC1(C)C. The minimum Gasteiger partial charge on any atom is -0.387 e. The van der Waals surface area contributed by atoms with Crippen LogP contribution in [-0.4, -0.2) is 28.6 Å². The van der Waals surface area contributed by atoms with Crippen LogP contribution in [0.25, 0.3) is 0 Å². The Morgan fingerprint density at radius 2 is 2.06 bits per heavy atom. The van der Waals surface area contributed by atoms with E-state index in [1.807, 2.05) is 18.2 Å². The Hall–Kier alpha value is -0.860. The van der Waals surface area contributed by atoms with E-state index < -0.39 is 0 Å². The van der Waals surface area contributed by atoms with Gasteiger partial charge in [-0.3, -0.25) is 4.90 Å². The van der Waals surface area contributed by atoms with Crippen LogP contribution in [0, 0.1) is 6.92 Å². The minimum absolute atomic E-state index is 0.240. The second-order valence-electron chi connectivity index (χ2n) is 5.73. The van der Waals surface area contributed by atoms with Gasteiger partial charge in [-0.25, -0.2) is 0 Å². The highest BCUT2D eigenvalue weighted by atomic mass is 16.3. The largest absolute Gasteiger partial charge is 0.387 e. The molecule has 2 nitrogen and oxygen atoms in total. The van der Waals surface area contributed by atoms with Crippen molar-refractivity contribution in [2.75, 3.05) is 13.1 Å². The van der Waals surface area contributed by atoms with Gasteiger partial charge in [-0.2, -0.15) is 0 Å². The first-order chi connectivity index (χ1) is 8.00. The molecule has 1 atom stereocenters. The van der Waals surface area contributed by atoms with Crippen molar-refractivity contribution in [3.63, 3.8) is 0 Å². The molecule has 0 spiro atoms. The van der Waals surface area contributed by atoms with E-state index in [1.54, 1.807) is 0 Å². The first-order valence-electron chi connectivity index (χ1n) is 6.49. The number of aryl methyl sites for hydroxylation is 1. The molecule has 94 valence electrons. The number of nitrogens with zero attached hydrogens (tertiary/aromatic N) is 1. The summed E-state index contributed by atoms with van der Waals surface area (Å²) < 4.78 is 0. The lowest BCUT2D eigenvalue weighted by molar-refractivity contribution is 0.0775. The molecule has 0 aliphatic carbocycles. The predicted octanol–water partition coefficient (Wildman–Crippen LogP) is 2.90. The zero-order valence-corrected chi connectivity index (χ0v) is 11.1. The molecule has 1 saturated heterocycles. The highest BCUT2D eigenvalue weighted by molar-refractivity contribution is 5.27. The molecule has 1 aromatic carbocycles. The van der Waals surface area contributed by atoms with E-state index in [-0.39, 0.29) is 11.6 Å². The molecule has 1 aliphatic heterocycles. The number of β-amino-alcohol motifs (C(OH)–C–C–N with tert-alkyl or cyclic N) is 1. The summed E-state index contributed by atoms with van der Waals surface area (Å²) >= 11 is 0. The number of benzene rings is 1. The van der Waals surface area contributed by atoms with Crippen molar-refractivity contribution in [2.45, 2.75) is 45.3 Å². The molecule has 17 heavy (non-hydrogen) atoms. The second-order valence-corrected chi connectivity index (χ2v) is 5.73. The van der Waals surface area contributed by atoms with Gasteiger partial charge in [-0.05, 0) is 51.3 Å². The third kappa shape index (κ3) is 2.70. The van der Waals surface area contributed by atoms with Gasteiger partial charge in [0.05, 0.1) is 6.10 Å². The fourth-order valence-electron chi connectivity index (χ4n) is 2.77. The van der Waals surface area contributed by atoms with Crippen molar-refractivity contribution in [3.8, 4) is 0 Å².